The molecule has 0 aliphatic carbocycles. The maximum Gasteiger partial charge on any atom is 0.0110 e. The van der Waals surface area contributed by atoms with E-state index in [9.17, 15) is 0 Å². The van der Waals surface area contributed by atoms with Crippen LogP contribution in [0.15, 0.2) is 0 Å². The molecule has 0 bridgehead atoms. The summed E-state index contributed by atoms with van der Waals surface area (Å²) >= 11 is 0. The van der Waals surface area contributed by atoms with Crippen molar-refractivity contribution in [1.29, 1.82) is 0 Å². The van der Waals surface area contributed by atoms with E-state index < -0.39 is 0 Å². The maximum absolute atomic E-state index is 5.53. The summed E-state index contributed by atoms with van der Waals surface area (Å²) in [5, 5.41) is 0. The van der Waals surface area contributed by atoms with Crippen molar-refractivity contribution in [2.45, 2.75) is 38.5 Å². The first-order valence-corrected chi connectivity index (χ1v) is 8.75. The molecule has 0 spiro atoms. The van der Waals surface area contributed by atoms with E-state index in [4.69, 9.17) is 5.73 Å². The second-order valence-electron chi connectivity index (χ2n) is 6.43. The highest BCUT2D eigenvalue weighted by molar-refractivity contribution is 4.73. The average molecular weight is 282 g/mol. The number of nitrogens with zero attached hydrogens (tertiary/aromatic N) is 3. The number of hydrogen-bond acceptors (Lipinski definition) is 4. The first kappa shape index (κ1) is 16.2. The van der Waals surface area contributed by atoms with Crippen molar-refractivity contribution in [3.63, 3.8) is 0 Å². The first-order valence-electron chi connectivity index (χ1n) is 8.75. The van der Waals surface area contributed by atoms with Crippen LogP contribution in [0.5, 0.6) is 0 Å². The Hall–Kier alpha value is -0.160. The second kappa shape index (κ2) is 9.72. The summed E-state index contributed by atoms with van der Waals surface area (Å²) in [4.78, 5) is 7.92. The van der Waals surface area contributed by atoms with Crippen molar-refractivity contribution in [2.75, 3.05) is 65.4 Å². The average Bonchev–Trinajstić information content (AvgIpc) is 2.98. The van der Waals surface area contributed by atoms with Gasteiger partial charge in [-0.3, -0.25) is 0 Å². The SMILES string of the molecule is NCCCCCN1CCN(CCCN2CCCC2)CC1. The molecule has 2 saturated heterocycles. The molecule has 0 radical (unpaired) electrons. The number of hydrogen-bond donors (Lipinski definition) is 1. The third kappa shape index (κ3) is 6.08. The van der Waals surface area contributed by atoms with Crippen molar-refractivity contribution in [3.8, 4) is 0 Å². The summed E-state index contributed by atoms with van der Waals surface area (Å²) in [5.41, 5.74) is 5.53. The van der Waals surface area contributed by atoms with Gasteiger partial charge in [-0.25, -0.2) is 0 Å². The van der Waals surface area contributed by atoms with Gasteiger partial charge in [-0.2, -0.15) is 0 Å². The smallest absolute Gasteiger partial charge is 0.0110 e. The molecule has 2 aliphatic rings. The van der Waals surface area contributed by atoms with Crippen LogP contribution in [0.25, 0.3) is 0 Å². The van der Waals surface area contributed by atoms with E-state index in [-0.39, 0.29) is 0 Å². The Balaban J connectivity index is 1.46. The Morgan fingerprint density at radius 2 is 1.05 bits per heavy atom. The largest absolute Gasteiger partial charge is 0.330 e. The summed E-state index contributed by atoms with van der Waals surface area (Å²) in [6, 6.07) is 0. The topological polar surface area (TPSA) is 35.7 Å². The fraction of sp³-hybridized carbons (Fsp3) is 1.00. The summed E-state index contributed by atoms with van der Waals surface area (Å²) in [5.74, 6) is 0. The zero-order valence-electron chi connectivity index (χ0n) is 13.2. The van der Waals surface area contributed by atoms with Crippen molar-refractivity contribution in [3.05, 3.63) is 0 Å². The molecule has 0 aromatic heterocycles. The predicted molar refractivity (Wildman–Crippen MR) is 86.1 cm³/mol. The predicted octanol–water partition coefficient (Wildman–Crippen LogP) is 1.22. The molecule has 4 heteroatoms. The number of unbranched alkanes of at least 4 members (excludes halogenated alkanes) is 2. The summed E-state index contributed by atoms with van der Waals surface area (Å²) in [6.07, 6.45) is 8.01. The zero-order valence-corrected chi connectivity index (χ0v) is 13.2. The van der Waals surface area contributed by atoms with Crippen LogP contribution in [0, 0.1) is 0 Å². The van der Waals surface area contributed by atoms with Gasteiger partial charge in [0.2, 0.25) is 0 Å². The fourth-order valence-electron chi connectivity index (χ4n) is 3.42. The van der Waals surface area contributed by atoms with Crippen molar-refractivity contribution < 1.29 is 0 Å². The van der Waals surface area contributed by atoms with E-state index in [0.29, 0.717) is 0 Å². The highest BCUT2D eigenvalue weighted by Crippen LogP contribution is 2.09. The van der Waals surface area contributed by atoms with Gasteiger partial charge in [-0.1, -0.05) is 6.42 Å². The molecule has 4 nitrogen and oxygen atoms in total. The molecule has 0 aromatic rings. The van der Waals surface area contributed by atoms with Gasteiger partial charge >= 0.3 is 0 Å². The van der Waals surface area contributed by atoms with Crippen LogP contribution in [-0.2, 0) is 0 Å². The second-order valence-corrected chi connectivity index (χ2v) is 6.43. The molecule has 2 fully saturated rings. The standard InChI is InChI=1S/C16H34N4/c17-7-2-1-3-8-19-13-15-20(16-14-19)12-6-11-18-9-4-5-10-18/h1-17H2. The minimum absolute atomic E-state index is 0.852. The van der Waals surface area contributed by atoms with Gasteiger partial charge in [0.05, 0.1) is 0 Å². The number of nitrogens with two attached hydrogens (primary N) is 1. The molecule has 20 heavy (non-hydrogen) atoms. The van der Waals surface area contributed by atoms with E-state index in [1.165, 1.54) is 97.4 Å². The lowest BCUT2D eigenvalue weighted by Gasteiger charge is -2.35. The molecule has 2 rings (SSSR count). The molecule has 2 heterocycles. The third-order valence-corrected chi connectivity index (χ3v) is 4.79. The third-order valence-electron chi connectivity index (χ3n) is 4.79. The molecular formula is C16H34N4. The van der Waals surface area contributed by atoms with Crippen molar-refractivity contribution in [2.24, 2.45) is 5.73 Å². The summed E-state index contributed by atoms with van der Waals surface area (Å²) in [7, 11) is 0. The van der Waals surface area contributed by atoms with Crippen LogP contribution >= 0.6 is 0 Å². The van der Waals surface area contributed by atoms with Crippen LogP contribution in [0.3, 0.4) is 0 Å². The van der Waals surface area contributed by atoms with E-state index in [1.54, 1.807) is 0 Å². The molecule has 0 atom stereocenters. The quantitative estimate of drug-likeness (QED) is 0.645. The van der Waals surface area contributed by atoms with Crippen LogP contribution in [0.2, 0.25) is 0 Å². The van der Waals surface area contributed by atoms with Gasteiger partial charge in [0.25, 0.3) is 0 Å². The van der Waals surface area contributed by atoms with Gasteiger partial charge in [-0.05, 0) is 71.4 Å². The summed E-state index contributed by atoms with van der Waals surface area (Å²) in [6.45, 7) is 12.5. The molecule has 0 saturated carbocycles. The summed E-state index contributed by atoms with van der Waals surface area (Å²) < 4.78 is 0. The Kier molecular flexibility index (Phi) is 7.88. The van der Waals surface area contributed by atoms with Crippen LogP contribution in [-0.4, -0.2) is 80.1 Å². The van der Waals surface area contributed by atoms with Gasteiger partial charge in [0.15, 0.2) is 0 Å². The molecule has 0 aromatic carbocycles. The monoisotopic (exact) mass is 282 g/mol. The lowest BCUT2D eigenvalue weighted by Crippen LogP contribution is -2.47. The minimum Gasteiger partial charge on any atom is -0.330 e. The normalized spacial score (nSPS) is 22.6. The molecule has 0 amide bonds. The highest BCUT2D eigenvalue weighted by atomic mass is 15.3. The van der Waals surface area contributed by atoms with Crippen molar-refractivity contribution in [1.82, 2.24) is 14.7 Å². The first-order chi connectivity index (χ1) is 9.88. The number of likely N-dealkylation sites (tertiary alicyclic amines) is 1. The van der Waals surface area contributed by atoms with E-state index in [0.717, 1.165) is 6.54 Å². The maximum atomic E-state index is 5.53. The highest BCUT2D eigenvalue weighted by Gasteiger charge is 2.16. The Morgan fingerprint density at radius 3 is 1.60 bits per heavy atom. The van der Waals surface area contributed by atoms with Crippen molar-refractivity contribution >= 4 is 0 Å². The van der Waals surface area contributed by atoms with Crippen LogP contribution in [0.1, 0.15) is 38.5 Å². The minimum atomic E-state index is 0.852. The molecule has 2 N–H and O–H groups in total. The lowest BCUT2D eigenvalue weighted by molar-refractivity contribution is 0.126. The van der Waals surface area contributed by atoms with Crippen LogP contribution < -0.4 is 5.73 Å². The molecule has 2 aliphatic heterocycles. The van der Waals surface area contributed by atoms with E-state index >= 15 is 0 Å². The number of rotatable bonds is 9. The molecule has 118 valence electrons. The van der Waals surface area contributed by atoms with Gasteiger partial charge < -0.3 is 20.4 Å². The van der Waals surface area contributed by atoms with Gasteiger partial charge in [-0.15, -0.1) is 0 Å². The fourth-order valence-corrected chi connectivity index (χ4v) is 3.42. The lowest BCUT2D eigenvalue weighted by atomic mass is 10.2. The van der Waals surface area contributed by atoms with Gasteiger partial charge in [0.1, 0.15) is 0 Å². The van der Waals surface area contributed by atoms with E-state index in [2.05, 4.69) is 14.7 Å². The Morgan fingerprint density at radius 1 is 0.550 bits per heavy atom. The number of piperazine rings is 1. The Bertz CT molecular complexity index is 233. The molecule has 0 unspecified atom stereocenters. The van der Waals surface area contributed by atoms with Gasteiger partial charge in [0, 0.05) is 26.2 Å². The Labute approximate surface area is 125 Å². The van der Waals surface area contributed by atoms with Crippen LogP contribution in [0.4, 0.5) is 0 Å². The van der Waals surface area contributed by atoms with E-state index in [1.807, 2.05) is 0 Å². The zero-order chi connectivity index (χ0) is 14.0. The molecular weight excluding hydrogens is 248 g/mol.